The van der Waals surface area contributed by atoms with Gasteiger partial charge in [0.1, 0.15) is 0 Å². The number of aromatic nitrogens is 2. The molecule has 0 aliphatic heterocycles. The minimum Gasteiger partial charge on any atom is -0.245 e. The van der Waals surface area contributed by atoms with Crippen molar-refractivity contribution >= 4 is 34.8 Å². The maximum Gasteiger partial charge on any atom is 0.243 e. The van der Waals surface area contributed by atoms with E-state index in [1.165, 1.54) is 0 Å². The number of nitrogens with one attached hydrogen (secondary N) is 1. The van der Waals surface area contributed by atoms with E-state index in [9.17, 15) is 0 Å². The fourth-order valence-electron chi connectivity index (χ4n) is 1.52. The number of hydrogen-bond donors (Lipinski definition) is 1. The van der Waals surface area contributed by atoms with Crippen molar-refractivity contribution in [2.45, 2.75) is 13.8 Å². The smallest absolute Gasteiger partial charge is 0.243 e. The molecule has 1 aromatic carbocycles. The van der Waals surface area contributed by atoms with Gasteiger partial charge >= 0.3 is 0 Å². The van der Waals surface area contributed by atoms with Crippen LogP contribution < -0.4 is 5.43 Å². The minimum atomic E-state index is 0.523. The molecule has 18 heavy (non-hydrogen) atoms. The normalized spacial score (nSPS) is 10.8. The fraction of sp³-hybridized carbons (Fsp3) is 0.154. The Labute approximate surface area is 120 Å². The van der Waals surface area contributed by atoms with Gasteiger partial charge in [0, 0.05) is 20.5 Å². The van der Waals surface area contributed by atoms with E-state index in [-0.39, 0.29) is 0 Å². The third-order valence-corrected chi connectivity index (χ3v) is 3.24. The van der Waals surface area contributed by atoms with Crippen LogP contribution in [0.5, 0.6) is 0 Å². The Hall–Kier alpha value is -1.50. The van der Waals surface area contributed by atoms with Crippen molar-refractivity contribution in [3.05, 3.63) is 50.9 Å². The zero-order valence-corrected chi connectivity index (χ0v) is 12.3. The fourth-order valence-corrected chi connectivity index (χ4v) is 2.04. The second-order valence-corrected chi connectivity index (χ2v) is 5.03. The molecule has 0 radical (unpaired) electrons. The second kappa shape index (κ2) is 5.90. The highest BCUT2D eigenvalue weighted by Crippen LogP contribution is 2.09. The first-order valence-corrected chi connectivity index (χ1v) is 6.59. The van der Waals surface area contributed by atoms with Crippen molar-refractivity contribution in [1.82, 2.24) is 9.97 Å². The lowest BCUT2D eigenvalue weighted by Crippen LogP contribution is -2.00. The van der Waals surface area contributed by atoms with Crippen molar-refractivity contribution in [3.63, 3.8) is 0 Å². The Morgan fingerprint density at radius 1 is 1.17 bits per heavy atom. The van der Waals surface area contributed by atoms with Gasteiger partial charge in [0.2, 0.25) is 5.95 Å². The van der Waals surface area contributed by atoms with Crippen LogP contribution in [0, 0.1) is 17.4 Å². The largest absolute Gasteiger partial charge is 0.245 e. The molecule has 1 heterocycles. The van der Waals surface area contributed by atoms with Crippen LogP contribution in [-0.4, -0.2) is 16.2 Å². The third-order valence-electron chi connectivity index (χ3n) is 2.26. The van der Waals surface area contributed by atoms with Crippen molar-refractivity contribution in [2.75, 3.05) is 5.43 Å². The van der Waals surface area contributed by atoms with Crippen molar-refractivity contribution < 1.29 is 0 Å². The van der Waals surface area contributed by atoms with E-state index >= 15 is 0 Å². The molecule has 1 aromatic heterocycles. The predicted octanol–water partition coefficient (Wildman–Crippen LogP) is 3.14. The summed E-state index contributed by atoms with van der Waals surface area (Å²) in [5.41, 5.74) is 5.76. The number of anilines is 1. The Morgan fingerprint density at radius 3 is 2.50 bits per heavy atom. The molecule has 0 saturated heterocycles. The summed E-state index contributed by atoms with van der Waals surface area (Å²) in [6.07, 6.45) is 1.77. The Bertz CT molecular complexity index is 561. The van der Waals surface area contributed by atoms with Crippen LogP contribution in [-0.2, 0) is 0 Å². The lowest BCUT2D eigenvalue weighted by molar-refractivity contribution is 1.04. The first kappa shape index (κ1) is 12.9. The number of hydrazone groups is 1. The first-order valence-electron chi connectivity index (χ1n) is 5.51. The van der Waals surface area contributed by atoms with Gasteiger partial charge < -0.3 is 0 Å². The van der Waals surface area contributed by atoms with Gasteiger partial charge in [0.25, 0.3) is 0 Å². The summed E-state index contributed by atoms with van der Waals surface area (Å²) in [6.45, 7) is 3.87. The van der Waals surface area contributed by atoms with E-state index in [4.69, 9.17) is 0 Å². The zero-order valence-electron chi connectivity index (χ0n) is 10.2. The van der Waals surface area contributed by atoms with Gasteiger partial charge in [-0.2, -0.15) is 5.10 Å². The predicted molar refractivity (Wildman–Crippen MR) is 81.9 cm³/mol. The van der Waals surface area contributed by atoms with Gasteiger partial charge in [0.05, 0.1) is 6.21 Å². The second-order valence-electron chi connectivity index (χ2n) is 3.87. The monoisotopic (exact) mass is 352 g/mol. The van der Waals surface area contributed by atoms with E-state index in [1.807, 2.05) is 44.2 Å². The zero-order chi connectivity index (χ0) is 13.0. The molecule has 0 bridgehead atoms. The summed E-state index contributed by atoms with van der Waals surface area (Å²) >= 11 is 2.28. The van der Waals surface area contributed by atoms with Crippen LogP contribution in [0.15, 0.2) is 35.4 Å². The molecule has 0 saturated carbocycles. The molecule has 0 spiro atoms. The van der Waals surface area contributed by atoms with E-state index in [1.54, 1.807) is 6.21 Å². The quantitative estimate of drug-likeness (QED) is 0.525. The standard InChI is InChI=1S/C13H13IN4/c1-9-7-10(2)17-13(16-9)18-15-8-11-5-3-4-6-12(11)14/h3-8H,1-2H3,(H,16,17,18)/b15-8+. The number of halogens is 1. The van der Waals surface area contributed by atoms with Gasteiger partial charge in [-0.1, -0.05) is 18.2 Å². The lowest BCUT2D eigenvalue weighted by Gasteiger charge is -2.01. The summed E-state index contributed by atoms with van der Waals surface area (Å²) in [5.74, 6) is 0.523. The number of rotatable bonds is 3. The highest BCUT2D eigenvalue weighted by molar-refractivity contribution is 14.1. The third kappa shape index (κ3) is 3.49. The maximum absolute atomic E-state index is 4.25. The number of aryl methyl sites for hydroxylation is 2. The average Bonchev–Trinajstić information content (AvgIpc) is 2.30. The molecule has 0 unspecified atom stereocenters. The van der Waals surface area contributed by atoms with E-state index in [0.29, 0.717) is 5.95 Å². The van der Waals surface area contributed by atoms with E-state index in [2.05, 4.69) is 43.1 Å². The first-order chi connectivity index (χ1) is 8.65. The van der Waals surface area contributed by atoms with Gasteiger partial charge in [-0.3, -0.25) is 0 Å². The highest BCUT2D eigenvalue weighted by Gasteiger charge is 1.97. The Morgan fingerprint density at radius 2 is 1.83 bits per heavy atom. The number of benzene rings is 1. The topological polar surface area (TPSA) is 50.2 Å². The molecule has 2 aromatic rings. The molecule has 1 N–H and O–H groups in total. The van der Waals surface area contributed by atoms with Crippen LogP contribution in [0.1, 0.15) is 17.0 Å². The minimum absolute atomic E-state index is 0.523. The highest BCUT2D eigenvalue weighted by atomic mass is 127. The van der Waals surface area contributed by atoms with Gasteiger partial charge in [0.15, 0.2) is 0 Å². The van der Waals surface area contributed by atoms with Gasteiger partial charge in [-0.25, -0.2) is 15.4 Å². The summed E-state index contributed by atoms with van der Waals surface area (Å²) in [7, 11) is 0. The van der Waals surface area contributed by atoms with Crippen molar-refractivity contribution in [3.8, 4) is 0 Å². The molecular weight excluding hydrogens is 339 g/mol. The molecule has 92 valence electrons. The summed E-state index contributed by atoms with van der Waals surface area (Å²) in [5, 5.41) is 4.15. The van der Waals surface area contributed by atoms with E-state index in [0.717, 1.165) is 20.5 Å². The molecule has 0 amide bonds. The van der Waals surface area contributed by atoms with Crippen LogP contribution in [0.2, 0.25) is 0 Å². The van der Waals surface area contributed by atoms with Crippen LogP contribution in [0.4, 0.5) is 5.95 Å². The summed E-state index contributed by atoms with van der Waals surface area (Å²) < 4.78 is 1.15. The molecule has 5 heteroatoms. The molecule has 0 aliphatic carbocycles. The van der Waals surface area contributed by atoms with Crippen molar-refractivity contribution in [2.24, 2.45) is 5.10 Å². The molecule has 2 rings (SSSR count). The van der Waals surface area contributed by atoms with Gasteiger partial charge in [-0.15, -0.1) is 0 Å². The molecule has 0 aliphatic rings. The SMILES string of the molecule is Cc1cc(C)nc(N/N=C/c2ccccc2I)n1. The Balaban J connectivity index is 2.10. The van der Waals surface area contributed by atoms with Crippen LogP contribution in [0.25, 0.3) is 0 Å². The molecular formula is C13H13IN4. The van der Waals surface area contributed by atoms with Crippen LogP contribution >= 0.6 is 22.6 Å². The number of nitrogens with zero attached hydrogens (tertiary/aromatic N) is 3. The molecule has 4 nitrogen and oxygen atoms in total. The molecule has 0 atom stereocenters. The summed E-state index contributed by atoms with van der Waals surface area (Å²) in [4.78, 5) is 8.50. The molecule has 0 fully saturated rings. The van der Waals surface area contributed by atoms with Gasteiger partial charge in [-0.05, 0) is 48.6 Å². The summed E-state index contributed by atoms with van der Waals surface area (Å²) in [6, 6.07) is 9.95. The average molecular weight is 352 g/mol. The van der Waals surface area contributed by atoms with Crippen LogP contribution in [0.3, 0.4) is 0 Å². The van der Waals surface area contributed by atoms with Crippen molar-refractivity contribution in [1.29, 1.82) is 0 Å². The number of hydrogen-bond acceptors (Lipinski definition) is 4. The maximum atomic E-state index is 4.25. The lowest BCUT2D eigenvalue weighted by atomic mass is 10.2. The Kier molecular flexibility index (Phi) is 4.24. The van der Waals surface area contributed by atoms with E-state index < -0.39 is 0 Å².